The van der Waals surface area contributed by atoms with Gasteiger partial charge in [-0.3, -0.25) is 4.79 Å². The number of H-pyrrole nitrogens is 1. The fourth-order valence-electron chi connectivity index (χ4n) is 6.06. The molecule has 6 rings (SSSR count). The van der Waals surface area contributed by atoms with Gasteiger partial charge in [0.05, 0.1) is 6.10 Å². The minimum Gasteiger partial charge on any atom is -0.377 e. The third-order valence-corrected chi connectivity index (χ3v) is 7.80. The Morgan fingerprint density at radius 2 is 1.89 bits per heavy atom. The highest BCUT2D eigenvalue weighted by Gasteiger charge is 2.33. The third-order valence-electron chi connectivity index (χ3n) is 7.80. The van der Waals surface area contributed by atoms with Crippen LogP contribution in [-0.2, 0) is 11.3 Å². The predicted octanol–water partition coefficient (Wildman–Crippen LogP) is 5.61. The SMILES string of the molecule is COC1CCC2CN(C)Cc3cc(-c4cnc5[nH]cc(-c6ccc(C(=O)N(C)C)cc6)c5c4)cc1c32. The van der Waals surface area contributed by atoms with E-state index in [0.717, 1.165) is 47.2 Å². The normalized spacial score (nSPS) is 19.3. The third kappa shape index (κ3) is 3.81. The van der Waals surface area contributed by atoms with Crippen LogP contribution < -0.4 is 0 Å². The molecule has 6 heteroatoms. The smallest absolute Gasteiger partial charge is 0.253 e. The zero-order valence-electron chi connectivity index (χ0n) is 21.3. The highest BCUT2D eigenvalue weighted by Crippen LogP contribution is 2.45. The minimum absolute atomic E-state index is 0.00282. The molecule has 3 heterocycles. The highest BCUT2D eigenvalue weighted by atomic mass is 16.5. The first-order valence-electron chi connectivity index (χ1n) is 12.6. The quantitative estimate of drug-likeness (QED) is 0.413. The van der Waals surface area contributed by atoms with Crippen LogP contribution in [0, 0.1) is 0 Å². The summed E-state index contributed by atoms with van der Waals surface area (Å²) in [5.74, 6) is 0.594. The second-order valence-corrected chi connectivity index (χ2v) is 10.4. The second-order valence-electron chi connectivity index (χ2n) is 10.4. The number of nitrogens with one attached hydrogen (secondary N) is 1. The number of ether oxygens (including phenoxy) is 1. The Hall–Kier alpha value is -3.48. The van der Waals surface area contributed by atoms with E-state index in [-0.39, 0.29) is 12.0 Å². The maximum atomic E-state index is 12.3. The molecule has 0 bridgehead atoms. The summed E-state index contributed by atoms with van der Waals surface area (Å²) in [7, 11) is 7.58. The molecule has 0 saturated heterocycles. The molecule has 0 fully saturated rings. The molecule has 184 valence electrons. The van der Waals surface area contributed by atoms with Gasteiger partial charge in [-0.2, -0.15) is 0 Å². The fraction of sp³-hybridized carbons (Fsp3) is 0.333. The maximum absolute atomic E-state index is 12.3. The summed E-state index contributed by atoms with van der Waals surface area (Å²) in [6, 6.07) is 14.7. The molecule has 36 heavy (non-hydrogen) atoms. The molecule has 2 aromatic carbocycles. The van der Waals surface area contributed by atoms with E-state index >= 15 is 0 Å². The Morgan fingerprint density at radius 3 is 2.64 bits per heavy atom. The summed E-state index contributed by atoms with van der Waals surface area (Å²) in [6.07, 6.45) is 6.37. The lowest BCUT2D eigenvalue weighted by Crippen LogP contribution is -2.34. The van der Waals surface area contributed by atoms with Crippen molar-refractivity contribution in [2.24, 2.45) is 0 Å². The van der Waals surface area contributed by atoms with E-state index in [4.69, 9.17) is 9.72 Å². The topological polar surface area (TPSA) is 61.5 Å². The molecule has 2 aromatic heterocycles. The van der Waals surface area contributed by atoms with Crippen LogP contribution in [0.1, 0.15) is 51.9 Å². The lowest BCUT2D eigenvalue weighted by atomic mass is 9.75. The van der Waals surface area contributed by atoms with Gasteiger partial charge < -0.3 is 19.5 Å². The van der Waals surface area contributed by atoms with E-state index in [1.54, 1.807) is 19.0 Å². The van der Waals surface area contributed by atoms with E-state index in [1.165, 1.54) is 28.7 Å². The molecule has 1 aliphatic heterocycles. The Labute approximate surface area is 211 Å². The van der Waals surface area contributed by atoms with Crippen molar-refractivity contribution in [1.29, 1.82) is 0 Å². The van der Waals surface area contributed by atoms with Gasteiger partial charge in [0, 0.05) is 68.8 Å². The lowest BCUT2D eigenvalue weighted by molar-refractivity contribution is 0.0794. The number of aromatic nitrogens is 2. The van der Waals surface area contributed by atoms with E-state index in [0.29, 0.717) is 11.5 Å². The van der Waals surface area contributed by atoms with Gasteiger partial charge >= 0.3 is 0 Å². The summed E-state index contributed by atoms with van der Waals surface area (Å²) in [6.45, 7) is 2.08. The standard InChI is InChI=1S/C30H32N4O2/c1-33(2)30(35)19-7-5-18(6-8-19)26-15-32-29-24(26)13-22(14-31-29)21-11-23-17-34(3)16-20-9-10-27(36-4)25(12-21)28(20)23/h5-8,11-15,20,27H,9-10,16-17H2,1-4H3,(H,31,32). The van der Waals surface area contributed by atoms with Gasteiger partial charge in [0.25, 0.3) is 5.91 Å². The fourth-order valence-corrected chi connectivity index (χ4v) is 6.06. The van der Waals surface area contributed by atoms with Crippen molar-refractivity contribution in [2.75, 3.05) is 34.8 Å². The number of benzene rings is 2. The van der Waals surface area contributed by atoms with Gasteiger partial charge in [0.15, 0.2) is 0 Å². The van der Waals surface area contributed by atoms with Gasteiger partial charge in [-0.05, 0) is 84.0 Å². The van der Waals surface area contributed by atoms with Crippen molar-refractivity contribution in [1.82, 2.24) is 19.8 Å². The first kappa shape index (κ1) is 23.0. The van der Waals surface area contributed by atoms with E-state index < -0.39 is 0 Å². The average Bonchev–Trinajstić information content (AvgIpc) is 3.31. The van der Waals surface area contributed by atoms with E-state index in [2.05, 4.69) is 35.1 Å². The Morgan fingerprint density at radius 1 is 1.08 bits per heavy atom. The maximum Gasteiger partial charge on any atom is 0.253 e. The van der Waals surface area contributed by atoms with Crippen LogP contribution in [0.4, 0.5) is 0 Å². The molecule has 2 atom stereocenters. The highest BCUT2D eigenvalue weighted by molar-refractivity contribution is 5.98. The zero-order valence-corrected chi connectivity index (χ0v) is 21.3. The molecule has 0 saturated carbocycles. The minimum atomic E-state index is 0.00282. The number of rotatable bonds is 4. The van der Waals surface area contributed by atoms with E-state index in [1.807, 2.05) is 43.8 Å². The first-order chi connectivity index (χ1) is 17.4. The van der Waals surface area contributed by atoms with Crippen LogP contribution in [0.3, 0.4) is 0 Å². The Bertz CT molecular complexity index is 1450. The van der Waals surface area contributed by atoms with Crippen LogP contribution >= 0.6 is 0 Å². The molecule has 0 spiro atoms. The van der Waals surface area contributed by atoms with Crippen molar-refractivity contribution in [2.45, 2.75) is 31.4 Å². The van der Waals surface area contributed by atoms with E-state index in [9.17, 15) is 4.79 Å². The molecule has 0 radical (unpaired) electrons. The number of carbonyl (C=O) groups excluding carboxylic acids is 1. The molecule has 1 amide bonds. The number of fused-ring (bicyclic) bond motifs is 1. The molecule has 1 N–H and O–H groups in total. The molecular formula is C30H32N4O2. The molecule has 4 aromatic rings. The van der Waals surface area contributed by atoms with Gasteiger partial charge in [-0.25, -0.2) is 4.98 Å². The van der Waals surface area contributed by atoms with Gasteiger partial charge in [-0.1, -0.05) is 12.1 Å². The van der Waals surface area contributed by atoms with Crippen LogP contribution in [0.15, 0.2) is 54.9 Å². The number of hydrogen-bond acceptors (Lipinski definition) is 4. The Kier molecular flexibility index (Phi) is 5.66. The van der Waals surface area contributed by atoms with Crippen LogP contribution in [0.5, 0.6) is 0 Å². The van der Waals surface area contributed by atoms with Gasteiger partial charge in [0.1, 0.15) is 5.65 Å². The largest absolute Gasteiger partial charge is 0.377 e. The second kappa shape index (κ2) is 8.87. The molecular weight excluding hydrogens is 448 g/mol. The van der Waals surface area contributed by atoms with Crippen LogP contribution in [-0.4, -0.2) is 60.5 Å². The predicted molar refractivity (Wildman–Crippen MR) is 143 cm³/mol. The molecule has 6 nitrogen and oxygen atoms in total. The number of amides is 1. The number of aromatic amines is 1. The zero-order chi connectivity index (χ0) is 25.0. The summed E-state index contributed by atoms with van der Waals surface area (Å²) in [5.41, 5.74) is 10.2. The summed E-state index contributed by atoms with van der Waals surface area (Å²) < 4.78 is 5.92. The van der Waals surface area contributed by atoms with Gasteiger partial charge in [-0.15, -0.1) is 0 Å². The molecule has 2 unspecified atom stereocenters. The number of methoxy groups -OCH3 is 1. The van der Waals surface area contributed by atoms with Crippen molar-refractivity contribution in [3.05, 3.63) is 77.1 Å². The van der Waals surface area contributed by atoms with Crippen molar-refractivity contribution in [3.63, 3.8) is 0 Å². The number of pyridine rings is 1. The average molecular weight is 481 g/mol. The molecule has 2 aliphatic rings. The summed E-state index contributed by atoms with van der Waals surface area (Å²) in [5, 5.41) is 1.07. The van der Waals surface area contributed by atoms with Crippen molar-refractivity contribution < 1.29 is 9.53 Å². The number of nitrogens with zero attached hydrogens (tertiary/aromatic N) is 3. The van der Waals surface area contributed by atoms with Crippen molar-refractivity contribution in [3.8, 4) is 22.3 Å². The van der Waals surface area contributed by atoms with Gasteiger partial charge in [0.2, 0.25) is 0 Å². The number of carbonyl (C=O) groups is 1. The number of hydrogen-bond donors (Lipinski definition) is 1. The van der Waals surface area contributed by atoms with Crippen LogP contribution in [0.2, 0.25) is 0 Å². The molecule has 1 aliphatic carbocycles. The van der Waals surface area contributed by atoms with Crippen molar-refractivity contribution >= 4 is 16.9 Å². The number of likely N-dealkylation sites (N-methyl/N-ethyl adjacent to an activating group) is 1. The monoisotopic (exact) mass is 480 g/mol. The first-order valence-corrected chi connectivity index (χ1v) is 12.6. The summed E-state index contributed by atoms with van der Waals surface area (Å²) in [4.78, 5) is 24.4. The lowest BCUT2D eigenvalue weighted by Gasteiger charge is -2.39. The Balaban J connectivity index is 1.43. The summed E-state index contributed by atoms with van der Waals surface area (Å²) >= 11 is 0. The van der Waals surface area contributed by atoms with Crippen LogP contribution in [0.25, 0.3) is 33.3 Å².